The molecule has 1 aliphatic rings. The fraction of sp³-hybridized carbons (Fsp3) is 0.389. The molecule has 6 heteroatoms. The highest BCUT2D eigenvalue weighted by atomic mass is 16.5. The minimum Gasteiger partial charge on any atom is -0.376 e. The number of hydrogen-bond donors (Lipinski definition) is 2. The molecule has 2 aromatic rings. The van der Waals surface area contributed by atoms with Gasteiger partial charge in [-0.2, -0.15) is 0 Å². The van der Waals surface area contributed by atoms with Crippen LogP contribution in [0.1, 0.15) is 34.5 Å². The Labute approximate surface area is 141 Å². The Balaban J connectivity index is 1.59. The predicted octanol–water partition coefficient (Wildman–Crippen LogP) is 2.75. The third-order valence-electron chi connectivity index (χ3n) is 3.91. The van der Waals surface area contributed by atoms with E-state index in [1.165, 1.54) is 11.1 Å². The first-order valence-electron chi connectivity index (χ1n) is 8.19. The van der Waals surface area contributed by atoms with Gasteiger partial charge in [-0.15, -0.1) is 10.2 Å². The quantitative estimate of drug-likeness (QED) is 0.883. The molecule has 0 spiro atoms. The summed E-state index contributed by atoms with van der Waals surface area (Å²) in [6, 6.07) is 9.61. The summed E-state index contributed by atoms with van der Waals surface area (Å²) in [6.07, 6.45) is 2.16. The summed E-state index contributed by atoms with van der Waals surface area (Å²) in [6.45, 7) is 5.39. The van der Waals surface area contributed by atoms with Crippen molar-refractivity contribution in [1.82, 2.24) is 15.5 Å². The maximum Gasteiger partial charge on any atom is 0.271 e. The van der Waals surface area contributed by atoms with Gasteiger partial charge in [0.1, 0.15) is 0 Å². The van der Waals surface area contributed by atoms with Crippen molar-refractivity contribution in [3.05, 3.63) is 47.2 Å². The van der Waals surface area contributed by atoms with E-state index in [1.54, 1.807) is 12.1 Å². The topological polar surface area (TPSA) is 76.1 Å². The molecule has 0 saturated carbocycles. The van der Waals surface area contributed by atoms with Crippen LogP contribution in [-0.2, 0) is 4.74 Å². The molecule has 1 aliphatic heterocycles. The third-order valence-corrected chi connectivity index (χ3v) is 3.91. The summed E-state index contributed by atoms with van der Waals surface area (Å²) in [7, 11) is 0. The highest BCUT2D eigenvalue weighted by molar-refractivity contribution is 5.92. The van der Waals surface area contributed by atoms with Gasteiger partial charge in [0, 0.05) is 18.8 Å². The average molecular weight is 326 g/mol. The number of aryl methyl sites for hydroxylation is 2. The van der Waals surface area contributed by atoms with E-state index < -0.39 is 0 Å². The van der Waals surface area contributed by atoms with Gasteiger partial charge >= 0.3 is 0 Å². The van der Waals surface area contributed by atoms with Crippen molar-refractivity contribution < 1.29 is 9.53 Å². The summed E-state index contributed by atoms with van der Waals surface area (Å²) in [5.74, 6) is 0.381. The molecule has 0 aliphatic carbocycles. The number of nitrogens with one attached hydrogen (secondary N) is 2. The Kier molecular flexibility index (Phi) is 5.05. The Morgan fingerprint density at radius 3 is 2.62 bits per heavy atom. The van der Waals surface area contributed by atoms with Gasteiger partial charge in [0.2, 0.25) is 0 Å². The number of nitrogens with zero attached hydrogens (tertiary/aromatic N) is 2. The van der Waals surface area contributed by atoms with Crippen molar-refractivity contribution in [3.63, 3.8) is 0 Å². The van der Waals surface area contributed by atoms with E-state index in [0.29, 0.717) is 18.1 Å². The first-order valence-corrected chi connectivity index (χ1v) is 8.19. The molecule has 2 N–H and O–H groups in total. The second-order valence-corrected chi connectivity index (χ2v) is 6.15. The first kappa shape index (κ1) is 16.4. The van der Waals surface area contributed by atoms with Crippen LogP contribution >= 0.6 is 0 Å². The smallest absolute Gasteiger partial charge is 0.271 e. The zero-order chi connectivity index (χ0) is 16.9. The monoisotopic (exact) mass is 326 g/mol. The molecule has 0 radical (unpaired) electrons. The summed E-state index contributed by atoms with van der Waals surface area (Å²) in [5, 5.41) is 14.1. The van der Waals surface area contributed by atoms with Gasteiger partial charge in [-0.25, -0.2) is 0 Å². The van der Waals surface area contributed by atoms with Gasteiger partial charge in [-0.3, -0.25) is 4.79 Å². The molecule has 1 fully saturated rings. The van der Waals surface area contributed by atoms with Crippen LogP contribution in [0.2, 0.25) is 0 Å². The Hall–Kier alpha value is -2.47. The maximum atomic E-state index is 12.1. The van der Waals surface area contributed by atoms with Crippen LogP contribution in [0.25, 0.3) is 0 Å². The van der Waals surface area contributed by atoms with E-state index >= 15 is 0 Å². The van der Waals surface area contributed by atoms with Crippen LogP contribution < -0.4 is 10.6 Å². The standard InChI is InChI=1S/C18H22N4O2/c1-12-8-13(2)10-14(9-12)20-17-6-5-16(21-22-17)18(23)19-11-15-4-3-7-24-15/h5-6,8-10,15H,3-4,7,11H2,1-2H3,(H,19,23)(H,20,22). The van der Waals surface area contributed by atoms with Crippen molar-refractivity contribution in [2.75, 3.05) is 18.5 Å². The minimum absolute atomic E-state index is 0.118. The lowest BCUT2D eigenvalue weighted by atomic mass is 10.1. The molecule has 1 aromatic heterocycles. The van der Waals surface area contributed by atoms with Gasteiger partial charge in [0.25, 0.3) is 5.91 Å². The number of aromatic nitrogens is 2. The van der Waals surface area contributed by atoms with E-state index in [0.717, 1.165) is 25.1 Å². The highest BCUT2D eigenvalue weighted by Gasteiger charge is 2.17. The number of carbonyl (C=O) groups excluding carboxylic acids is 1. The molecule has 3 rings (SSSR count). The molecular weight excluding hydrogens is 304 g/mol. The van der Waals surface area contributed by atoms with Crippen LogP contribution in [0.15, 0.2) is 30.3 Å². The van der Waals surface area contributed by atoms with Gasteiger partial charge in [0.05, 0.1) is 6.10 Å². The second kappa shape index (κ2) is 7.40. The van der Waals surface area contributed by atoms with Gasteiger partial charge < -0.3 is 15.4 Å². The average Bonchev–Trinajstić information content (AvgIpc) is 3.06. The summed E-state index contributed by atoms with van der Waals surface area (Å²) >= 11 is 0. The molecule has 6 nitrogen and oxygen atoms in total. The van der Waals surface area contributed by atoms with E-state index in [9.17, 15) is 4.79 Å². The van der Waals surface area contributed by atoms with Crippen molar-refractivity contribution in [1.29, 1.82) is 0 Å². The van der Waals surface area contributed by atoms with Crippen molar-refractivity contribution in [3.8, 4) is 0 Å². The molecule has 1 amide bonds. The van der Waals surface area contributed by atoms with Gasteiger partial charge in [-0.1, -0.05) is 6.07 Å². The van der Waals surface area contributed by atoms with Crippen LogP contribution in [0, 0.1) is 13.8 Å². The number of amides is 1. The lowest BCUT2D eigenvalue weighted by Crippen LogP contribution is -2.32. The third kappa shape index (κ3) is 4.29. The summed E-state index contributed by atoms with van der Waals surface area (Å²) < 4.78 is 5.48. The SMILES string of the molecule is Cc1cc(C)cc(Nc2ccc(C(=O)NCC3CCCO3)nn2)c1. The van der Waals surface area contributed by atoms with Crippen molar-refractivity contribution in [2.24, 2.45) is 0 Å². The lowest BCUT2D eigenvalue weighted by Gasteiger charge is -2.10. The Bertz CT molecular complexity index is 689. The number of ether oxygens (including phenoxy) is 1. The minimum atomic E-state index is -0.226. The van der Waals surface area contributed by atoms with E-state index in [1.807, 2.05) is 26.0 Å². The van der Waals surface area contributed by atoms with Crippen molar-refractivity contribution >= 4 is 17.4 Å². The summed E-state index contributed by atoms with van der Waals surface area (Å²) in [5.41, 5.74) is 3.61. The molecule has 126 valence electrons. The number of rotatable bonds is 5. The summed E-state index contributed by atoms with van der Waals surface area (Å²) in [4.78, 5) is 12.1. The van der Waals surface area contributed by atoms with Gasteiger partial charge in [-0.05, 0) is 62.1 Å². The lowest BCUT2D eigenvalue weighted by molar-refractivity contribution is 0.0853. The highest BCUT2D eigenvalue weighted by Crippen LogP contribution is 2.18. The number of anilines is 2. The largest absolute Gasteiger partial charge is 0.376 e. The van der Waals surface area contributed by atoms with Crippen LogP contribution in [0.4, 0.5) is 11.5 Å². The zero-order valence-electron chi connectivity index (χ0n) is 14.0. The molecule has 1 saturated heterocycles. The predicted molar refractivity (Wildman–Crippen MR) is 92.5 cm³/mol. The number of benzene rings is 1. The van der Waals surface area contributed by atoms with Crippen LogP contribution in [0.3, 0.4) is 0 Å². The van der Waals surface area contributed by atoms with E-state index in [-0.39, 0.29) is 12.0 Å². The Morgan fingerprint density at radius 2 is 2.00 bits per heavy atom. The van der Waals surface area contributed by atoms with Crippen LogP contribution in [-0.4, -0.2) is 35.4 Å². The Morgan fingerprint density at radius 1 is 1.21 bits per heavy atom. The molecule has 1 atom stereocenters. The molecule has 2 heterocycles. The molecule has 1 unspecified atom stereocenters. The normalized spacial score (nSPS) is 16.8. The fourth-order valence-corrected chi connectivity index (χ4v) is 2.82. The maximum absolute atomic E-state index is 12.1. The fourth-order valence-electron chi connectivity index (χ4n) is 2.82. The molecule has 24 heavy (non-hydrogen) atoms. The molecule has 0 bridgehead atoms. The van der Waals surface area contributed by atoms with Crippen molar-refractivity contribution in [2.45, 2.75) is 32.8 Å². The molecule has 1 aromatic carbocycles. The zero-order valence-corrected chi connectivity index (χ0v) is 14.0. The van der Waals surface area contributed by atoms with E-state index in [2.05, 4.69) is 26.9 Å². The van der Waals surface area contributed by atoms with Crippen LogP contribution in [0.5, 0.6) is 0 Å². The molecular formula is C18H22N4O2. The van der Waals surface area contributed by atoms with E-state index in [4.69, 9.17) is 4.74 Å². The second-order valence-electron chi connectivity index (χ2n) is 6.15. The first-order chi connectivity index (χ1) is 11.6. The van der Waals surface area contributed by atoms with Gasteiger partial charge in [0.15, 0.2) is 11.5 Å². The number of carbonyl (C=O) groups is 1. The number of hydrogen-bond acceptors (Lipinski definition) is 5.